The third kappa shape index (κ3) is 5.21. The third-order valence-electron chi connectivity index (χ3n) is 12.8. The number of hydrogen-bond donors (Lipinski definition) is 6. The van der Waals surface area contributed by atoms with Crippen molar-refractivity contribution in [2.75, 3.05) is 0 Å². The van der Waals surface area contributed by atoms with Gasteiger partial charge in [-0.25, -0.2) is 4.79 Å². The summed E-state index contributed by atoms with van der Waals surface area (Å²) < 4.78 is 19.8. The Morgan fingerprint density at radius 3 is 2.29 bits per heavy atom. The lowest BCUT2D eigenvalue weighted by molar-refractivity contribution is -0.286. The van der Waals surface area contributed by atoms with Crippen LogP contribution in [0.25, 0.3) is 0 Å². The smallest absolute Gasteiger partial charge is 0.335 e. The average molecular weight is 599 g/mol. The molecule has 0 spiro atoms. The van der Waals surface area contributed by atoms with Crippen LogP contribution in [0.4, 0.5) is 0 Å². The van der Waals surface area contributed by atoms with Crippen LogP contribution in [-0.4, -0.2) is 85.5 Å². The second kappa shape index (κ2) is 11.9. The molecule has 4 unspecified atom stereocenters. The molecular formula is C32H52O10. The Morgan fingerprint density at radius 1 is 0.952 bits per heavy atom. The molecule has 0 radical (unpaired) electrons. The molecule has 1 saturated heterocycles. The van der Waals surface area contributed by atoms with E-state index in [2.05, 4.69) is 27.7 Å². The van der Waals surface area contributed by atoms with Gasteiger partial charge in [-0.1, -0.05) is 34.1 Å². The van der Waals surface area contributed by atoms with Crippen molar-refractivity contribution in [2.45, 2.75) is 135 Å². The maximum absolute atomic E-state index is 12.8. The van der Waals surface area contributed by atoms with E-state index >= 15 is 0 Å². The van der Waals surface area contributed by atoms with Crippen LogP contribution < -0.4 is 0 Å². The Kier molecular flexibility index (Phi) is 8.70. The molecule has 10 nitrogen and oxygen atoms in total. The van der Waals surface area contributed by atoms with Gasteiger partial charge >= 0.3 is 11.9 Å². The highest BCUT2D eigenvalue weighted by molar-refractivity contribution is 5.73. The van der Waals surface area contributed by atoms with Crippen LogP contribution in [0.5, 0.6) is 0 Å². The minimum atomic E-state index is -1.86. The number of carbonyl (C=O) groups excluding carboxylic acids is 1. The minimum Gasteiger partial charge on any atom is -0.479 e. The summed E-state index contributed by atoms with van der Waals surface area (Å²) in [7, 11) is 0. The van der Waals surface area contributed by atoms with Crippen molar-refractivity contribution in [2.24, 2.45) is 52.3 Å². The number of carboxylic acids is 1. The van der Waals surface area contributed by atoms with E-state index in [-0.39, 0.29) is 64.8 Å². The first-order valence-corrected chi connectivity index (χ1v) is 16.1. The molecule has 0 bridgehead atoms. The van der Waals surface area contributed by atoms with Crippen molar-refractivity contribution in [3.8, 4) is 0 Å². The molecular weight excluding hydrogens is 544 g/mol. The van der Waals surface area contributed by atoms with Gasteiger partial charge in [0.05, 0.1) is 13.6 Å². The van der Waals surface area contributed by atoms with Crippen molar-refractivity contribution >= 4 is 11.9 Å². The van der Waals surface area contributed by atoms with Gasteiger partial charge in [0, 0.05) is 6.42 Å². The van der Waals surface area contributed by atoms with Crippen LogP contribution in [0.2, 0.25) is 0 Å². The topological polar surface area (TPSA) is 174 Å². The molecule has 5 aliphatic rings. The standard InChI is InChI=1S/C32H52O10/c1-5-17-21-14-16(33)10-12-32(21,4)20-11-13-31(3)18(7-8-19(31)23(20)24(17)35)15(2)6-9-22(34)41-30-27(38)25(36)26(37)28(42-30)29(39)40/h15-21,23-28,30,33,35-38H,5-14H2,1-4H3,(H,39,40)/t15-,16-,17-,18-,19?,20?,21+,23?,24?,25+,26+,27-,28+,30-,31-,32-/m1/s1/i24T. The summed E-state index contributed by atoms with van der Waals surface area (Å²) in [5.41, 5.74) is -0.0888. The van der Waals surface area contributed by atoms with Gasteiger partial charge in [0.1, 0.15) is 18.3 Å². The van der Waals surface area contributed by atoms with E-state index < -0.39 is 48.7 Å². The van der Waals surface area contributed by atoms with Crippen LogP contribution in [0.3, 0.4) is 0 Å². The highest BCUT2D eigenvalue weighted by Gasteiger charge is 2.65. The Bertz CT molecular complexity index is 1060. The van der Waals surface area contributed by atoms with Crippen molar-refractivity contribution in [1.29, 1.82) is 0 Å². The number of carboxylic acid groups (broad SMARTS) is 1. The number of aliphatic hydroxyl groups excluding tert-OH is 4. The number of aliphatic hydroxyl groups is 5. The average Bonchev–Trinajstić information content (AvgIpc) is 3.30. The third-order valence-corrected chi connectivity index (χ3v) is 12.8. The van der Waals surface area contributed by atoms with Gasteiger partial charge in [-0.3, -0.25) is 4.79 Å². The second-order valence-corrected chi connectivity index (χ2v) is 14.7. The van der Waals surface area contributed by atoms with Gasteiger partial charge < -0.3 is 40.1 Å². The second-order valence-electron chi connectivity index (χ2n) is 14.7. The van der Waals surface area contributed by atoms with Crippen LogP contribution in [-0.2, 0) is 19.1 Å². The summed E-state index contributed by atoms with van der Waals surface area (Å²) in [6, 6.07) is 0. The first kappa shape index (κ1) is 30.7. The summed E-state index contributed by atoms with van der Waals surface area (Å²) in [4.78, 5) is 24.1. The number of fused-ring (bicyclic) bond motifs is 5. The van der Waals surface area contributed by atoms with E-state index in [0.717, 1.165) is 38.5 Å². The fraction of sp³-hybridized carbons (Fsp3) is 0.938. The minimum absolute atomic E-state index is 0.00165. The van der Waals surface area contributed by atoms with Crippen LogP contribution in [0.15, 0.2) is 0 Å². The lowest BCUT2D eigenvalue weighted by atomic mass is 9.41. The number of esters is 1. The van der Waals surface area contributed by atoms with Crippen molar-refractivity contribution < 1.29 is 51.1 Å². The molecule has 0 aromatic rings. The predicted molar refractivity (Wildman–Crippen MR) is 151 cm³/mol. The Labute approximate surface area is 250 Å². The fourth-order valence-electron chi connectivity index (χ4n) is 10.5. The highest BCUT2D eigenvalue weighted by atomic mass is 16.7. The molecule has 0 aromatic carbocycles. The Balaban J connectivity index is 1.26. The summed E-state index contributed by atoms with van der Waals surface area (Å²) in [6.07, 6.45) is -3.52. The molecule has 4 saturated carbocycles. The van der Waals surface area contributed by atoms with E-state index in [4.69, 9.17) is 9.47 Å². The molecule has 5 rings (SSSR count). The molecule has 6 N–H and O–H groups in total. The Hall–Kier alpha value is -1.30. The fourth-order valence-corrected chi connectivity index (χ4v) is 10.5. The SMILES string of the molecule is [3H]C1(O)C2C3CC[C@H]([C@H](C)CCC(=O)O[C@@H]4O[C@H](C(=O)O)[C@@H](O)[C@H](O)[C@H]4O)[C@@]3(C)CCC2[C@@]2(C)CC[C@@H](O)C[C@H]2[C@H]1CC. The molecule has 16 atom stereocenters. The van der Waals surface area contributed by atoms with Crippen LogP contribution in [0, 0.1) is 52.3 Å². The summed E-state index contributed by atoms with van der Waals surface area (Å²) in [5, 5.41) is 61.9. The largest absolute Gasteiger partial charge is 0.479 e. The van der Waals surface area contributed by atoms with E-state index in [9.17, 15) is 41.6 Å². The number of carbonyl (C=O) groups is 2. The molecule has 5 fully saturated rings. The van der Waals surface area contributed by atoms with Gasteiger partial charge in [0.25, 0.3) is 0 Å². The number of hydrogen-bond acceptors (Lipinski definition) is 9. The zero-order valence-electron chi connectivity index (χ0n) is 26.4. The maximum Gasteiger partial charge on any atom is 0.335 e. The quantitative estimate of drug-likeness (QED) is 0.239. The van der Waals surface area contributed by atoms with E-state index in [0.29, 0.717) is 19.3 Å². The van der Waals surface area contributed by atoms with Crippen molar-refractivity contribution in [3.63, 3.8) is 0 Å². The molecule has 4 aliphatic carbocycles. The first-order valence-electron chi connectivity index (χ1n) is 16.6. The number of rotatable bonds is 7. The van der Waals surface area contributed by atoms with Gasteiger partial charge in [-0.15, -0.1) is 0 Å². The number of aliphatic carboxylic acids is 1. The summed E-state index contributed by atoms with van der Waals surface area (Å²) in [5.74, 6) is -1.56. The first-order chi connectivity index (χ1) is 20.1. The molecule has 10 heteroatoms. The molecule has 1 heterocycles. The summed E-state index contributed by atoms with van der Waals surface area (Å²) in [6.45, 7) is 8.84. The van der Waals surface area contributed by atoms with Crippen LogP contribution in [0.1, 0.15) is 93.3 Å². The highest BCUT2D eigenvalue weighted by Crippen LogP contribution is 2.69. The Morgan fingerprint density at radius 2 is 1.62 bits per heavy atom. The predicted octanol–water partition coefficient (Wildman–Crippen LogP) is 2.46. The van der Waals surface area contributed by atoms with Gasteiger partial charge in [0.2, 0.25) is 6.29 Å². The monoisotopic (exact) mass is 598 g/mol. The van der Waals surface area contributed by atoms with Crippen molar-refractivity contribution in [1.82, 2.24) is 0 Å². The van der Waals surface area contributed by atoms with Gasteiger partial charge in [-0.2, -0.15) is 0 Å². The van der Waals surface area contributed by atoms with Gasteiger partial charge in [0.15, 0.2) is 6.10 Å². The molecule has 42 heavy (non-hydrogen) atoms. The van der Waals surface area contributed by atoms with E-state index in [1.807, 2.05) is 0 Å². The normalized spacial score (nSPS) is 53.2. The zero-order valence-corrected chi connectivity index (χ0v) is 25.4. The van der Waals surface area contributed by atoms with E-state index in [1.54, 1.807) is 0 Å². The van der Waals surface area contributed by atoms with Gasteiger partial charge in [-0.05, 0) is 104 Å². The molecule has 0 amide bonds. The maximum atomic E-state index is 12.8. The van der Waals surface area contributed by atoms with Crippen molar-refractivity contribution in [3.05, 3.63) is 0 Å². The zero-order chi connectivity index (χ0) is 31.6. The lowest BCUT2D eigenvalue weighted by Gasteiger charge is -2.64. The molecule has 0 aromatic heterocycles. The number of ether oxygens (including phenoxy) is 2. The van der Waals surface area contributed by atoms with E-state index in [1.165, 1.54) is 0 Å². The molecule has 1 aliphatic heterocycles. The summed E-state index contributed by atoms with van der Waals surface area (Å²) >= 11 is 0. The molecule has 240 valence electrons. The van der Waals surface area contributed by atoms with Crippen LogP contribution >= 0.6 is 0 Å². The lowest BCUT2D eigenvalue weighted by Crippen LogP contribution is -2.62.